The molecular formula is C19H21N3OS. The summed E-state index contributed by atoms with van der Waals surface area (Å²) in [7, 11) is 2.01. The molecule has 1 heterocycles. The van der Waals surface area contributed by atoms with Crippen molar-refractivity contribution >= 4 is 11.8 Å². The van der Waals surface area contributed by atoms with E-state index in [1.165, 1.54) is 11.1 Å². The molecule has 3 rings (SSSR count). The molecule has 0 fully saturated rings. The summed E-state index contributed by atoms with van der Waals surface area (Å²) in [6.45, 7) is 4.79. The molecule has 0 radical (unpaired) electrons. The van der Waals surface area contributed by atoms with Gasteiger partial charge in [-0.3, -0.25) is 0 Å². The minimum Gasteiger partial charge on any atom is -0.494 e. The number of rotatable bonds is 6. The third-order valence-corrected chi connectivity index (χ3v) is 4.95. The van der Waals surface area contributed by atoms with Gasteiger partial charge in [-0.2, -0.15) is 0 Å². The van der Waals surface area contributed by atoms with E-state index >= 15 is 0 Å². The maximum absolute atomic E-state index is 5.48. The lowest BCUT2D eigenvalue weighted by Gasteiger charge is -2.07. The molecule has 0 amide bonds. The fraction of sp³-hybridized carbons (Fsp3) is 0.263. The molecule has 2 aromatic carbocycles. The standard InChI is InChI=1S/C19H21N3OS/c1-4-23-17-11-9-15(10-12-17)18-20-21-19(22(18)3)24-13-16-8-6-5-7-14(16)2/h5-12H,4,13H2,1-3H3. The quantitative estimate of drug-likeness (QED) is 0.621. The molecule has 1 aromatic heterocycles. The molecule has 0 atom stereocenters. The van der Waals surface area contributed by atoms with E-state index in [4.69, 9.17) is 4.74 Å². The molecule has 0 saturated heterocycles. The first-order valence-corrected chi connectivity index (χ1v) is 8.97. The summed E-state index contributed by atoms with van der Waals surface area (Å²) in [5.41, 5.74) is 3.67. The number of aromatic nitrogens is 3. The zero-order chi connectivity index (χ0) is 16.9. The predicted octanol–water partition coefficient (Wildman–Crippen LogP) is 4.48. The number of hydrogen-bond acceptors (Lipinski definition) is 4. The lowest BCUT2D eigenvalue weighted by molar-refractivity contribution is 0.340. The smallest absolute Gasteiger partial charge is 0.191 e. The summed E-state index contributed by atoms with van der Waals surface area (Å²) in [6, 6.07) is 16.4. The van der Waals surface area contributed by atoms with Gasteiger partial charge in [0.05, 0.1) is 6.61 Å². The van der Waals surface area contributed by atoms with Crippen molar-refractivity contribution in [3.8, 4) is 17.1 Å². The van der Waals surface area contributed by atoms with Crippen molar-refractivity contribution in [1.82, 2.24) is 14.8 Å². The van der Waals surface area contributed by atoms with Gasteiger partial charge in [0.25, 0.3) is 0 Å². The fourth-order valence-corrected chi connectivity index (χ4v) is 3.46. The Labute approximate surface area is 146 Å². The summed E-state index contributed by atoms with van der Waals surface area (Å²) in [4.78, 5) is 0. The molecule has 0 aliphatic carbocycles. The van der Waals surface area contributed by atoms with Gasteiger partial charge in [-0.1, -0.05) is 36.0 Å². The van der Waals surface area contributed by atoms with Crippen LogP contribution in [0.1, 0.15) is 18.1 Å². The Bertz CT molecular complexity index is 812. The molecular weight excluding hydrogens is 318 g/mol. The van der Waals surface area contributed by atoms with Crippen LogP contribution in [0, 0.1) is 6.92 Å². The van der Waals surface area contributed by atoms with Crippen molar-refractivity contribution in [2.75, 3.05) is 6.61 Å². The topological polar surface area (TPSA) is 39.9 Å². The van der Waals surface area contributed by atoms with Crippen LogP contribution < -0.4 is 4.74 Å². The van der Waals surface area contributed by atoms with Crippen LogP contribution in [-0.4, -0.2) is 21.4 Å². The first kappa shape index (κ1) is 16.6. The van der Waals surface area contributed by atoms with Crippen LogP contribution in [-0.2, 0) is 12.8 Å². The van der Waals surface area contributed by atoms with Crippen LogP contribution >= 0.6 is 11.8 Å². The third-order valence-electron chi connectivity index (χ3n) is 3.88. The second-order valence-corrected chi connectivity index (χ2v) is 6.48. The Kier molecular flexibility index (Phi) is 5.20. The highest BCUT2D eigenvalue weighted by Gasteiger charge is 2.12. The van der Waals surface area contributed by atoms with Gasteiger partial charge < -0.3 is 9.30 Å². The third kappa shape index (κ3) is 3.62. The van der Waals surface area contributed by atoms with E-state index in [0.717, 1.165) is 28.0 Å². The highest BCUT2D eigenvalue weighted by molar-refractivity contribution is 7.98. The highest BCUT2D eigenvalue weighted by Crippen LogP contribution is 2.27. The van der Waals surface area contributed by atoms with Crippen LogP contribution in [0.2, 0.25) is 0 Å². The largest absolute Gasteiger partial charge is 0.494 e. The first-order chi connectivity index (χ1) is 11.7. The predicted molar refractivity (Wildman–Crippen MR) is 98.3 cm³/mol. The molecule has 5 heteroatoms. The SMILES string of the molecule is CCOc1ccc(-c2nnc(SCc3ccccc3C)n2C)cc1. The van der Waals surface area contributed by atoms with Gasteiger partial charge in [0.2, 0.25) is 0 Å². The molecule has 3 aromatic rings. The summed E-state index contributed by atoms with van der Waals surface area (Å²) in [5, 5.41) is 9.61. The number of ether oxygens (including phenoxy) is 1. The Morgan fingerprint density at radius 3 is 2.50 bits per heavy atom. The van der Waals surface area contributed by atoms with Gasteiger partial charge >= 0.3 is 0 Å². The van der Waals surface area contributed by atoms with Crippen molar-refractivity contribution in [2.24, 2.45) is 7.05 Å². The van der Waals surface area contributed by atoms with Crippen LogP contribution in [0.25, 0.3) is 11.4 Å². The molecule has 124 valence electrons. The summed E-state index contributed by atoms with van der Waals surface area (Å²) in [5.74, 6) is 2.63. The van der Waals surface area contributed by atoms with Gasteiger partial charge in [-0.25, -0.2) is 0 Å². The van der Waals surface area contributed by atoms with Crippen LogP contribution in [0.15, 0.2) is 53.7 Å². The maximum atomic E-state index is 5.48. The van der Waals surface area contributed by atoms with E-state index in [2.05, 4.69) is 41.4 Å². The van der Waals surface area contributed by atoms with E-state index in [1.807, 2.05) is 42.8 Å². The van der Waals surface area contributed by atoms with Crippen molar-refractivity contribution < 1.29 is 4.74 Å². The van der Waals surface area contributed by atoms with Crippen LogP contribution in [0.4, 0.5) is 0 Å². The van der Waals surface area contributed by atoms with E-state index in [9.17, 15) is 0 Å². The average Bonchev–Trinajstić information content (AvgIpc) is 2.96. The van der Waals surface area contributed by atoms with Crippen molar-refractivity contribution in [2.45, 2.75) is 24.8 Å². The molecule has 0 aliphatic heterocycles. The molecule has 0 unspecified atom stereocenters. The molecule has 4 nitrogen and oxygen atoms in total. The van der Waals surface area contributed by atoms with Crippen LogP contribution in [0.3, 0.4) is 0 Å². The van der Waals surface area contributed by atoms with Gasteiger partial charge in [-0.05, 0) is 49.2 Å². The summed E-state index contributed by atoms with van der Waals surface area (Å²) in [6.07, 6.45) is 0. The lowest BCUT2D eigenvalue weighted by Crippen LogP contribution is -1.96. The van der Waals surface area contributed by atoms with Gasteiger partial charge in [0.15, 0.2) is 11.0 Å². The first-order valence-electron chi connectivity index (χ1n) is 7.99. The number of hydrogen-bond donors (Lipinski definition) is 0. The van der Waals surface area contributed by atoms with Gasteiger partial charge in [-0.15, -0.1) is 10.2 Å². The van der Waals surface area contributed by atoms with Crippen molar-refractivity contribution in [1.29, 1.82) is 0 Å². The maximum Gasteiger partial charge on any atom is 0.191 e. The normalized spacial score (nSPS) is 10.8. The van der Waals surface area contributed by atoms with Gasteiger partial charge in [0, 0.05) is 18.4 Å². The molecule has 0 N–H and O–H groups in total. The Balaban J connectivity index is 1.75. The second kappa shape index (κ2) is 7.53. The van der Waals surface area contributed by atoms with Gasteiger partial charge in [0.1, 0.15) is 5.75 Å². The number of thioether (sulfide) groups is 1. The minimum atomic E-state index is 0.670. The monoisotopic (exact) mass is 339 g/mol. The van der Waals surface area contributed by atoms with E-state index < -0.39 is 0 Å². The van der Waals surface area contributed by atoms with Crippen molar-refractivity contribution in [3.05, 3.63) is 59.7 Å². The fourth-order valence-electron chi connectivity index (χ4n) is 2.47. The van der Waals surface area contributed by atoms with Crippen molar-refractivity contribution in [3.63, 3.8) is 0 Å². The summed E-state index contributed by atoms with van der Waals surface area (Å²) < 4.78 is 7.52. The zero-order valence-electron chi connectivity index (χ0n) is 14.2. The second-order valence-electron chi connectivity index (χ2n) is 5.54. The number of nitrogens with zero attached hydrogens (tertiary/aromatic N) is 3. The van der Waals surface area contributed by atoms with Crippen LogP contribution in [0.5, 0.6) is 5.75 Å². The Morgan fingerprint density at radius 1 is 1.04 bits per heavy atom. The highest BCUT2D eigenvalue weighted by atomic mass is 32.2. The molecule has 0 saturated carbocycles. The van der Waals surface area contributed by atoms with E-state index in [1.54, 1.807) is 11.8 Å². The number of aryl methyl sites for hydroxylation is 1. The summed E-state index contributed by atoms with van der Waals surface area (Å²) >= 11 is 1.71. The number of benzene rings is 2. The Morgan fingerprint density at radius 2 is 1.79 bits per heavy atom. The molecule has 0 bridgehead atoms. The molecule has 0 aliphatic rings. The average molecular weight is 339 g/mol. The Hall–Kier alpha value is -2.27. The molecule has 24 heavy (non-hydrogen) atoms. The minimum absolute atomic E-state index is 0.670. The van der Waals surface area contributed by atoms with E-state index in [-0.39, 0.29) is 0 Å². The van der Waals surface area contributed by atoms with E-state index in [0.29, 0.717) is 6.61 Å². The lowest BCUT2D eigenvalue weighted by atomic mass is 10.1. The zero-order valence-corrected chi connectivity index (χ0v) is 15.0. The molecule has 0 spiro atoms.